The van der Waals surface area contributed by atoms with Gasteiger partial charge >= 0.3 is 0 Å². The summed E-state index contributed by atoms with van der Waals surface area (Å²) in [5, 5.41) is 2.77. The van der Waals surface area contributed by atoms with Crippen LogP contribution >= 0.6 is 0 Å². The summed E-state index contributed by atoms with van der Waals surface area (Å²) in [6.45, 7) is 5.52. The van der Waals surface area contributed by atoms with Crippen LogP contribution in [0.5, 0.6) is 0 Å². The third kappa shape index (κ3) is 4.68. The van der Waals surface area contributed by atoms with Gasteiger partial charge in [0, 0.05) is 44.7 Å². The van der Waals surface area contributed by atoms with Crippen molar-refractivity contribution in [2.24, 2.45) is 4.99 Å². The van der Waals surface area contributed by atoms with Crippen molar-refractivity contribution in [1.29, 1.82) is 0 Å². The van der Waals surface area contributed by atoms with Crippen LogP contribution in [0.4, 0.5) is 0 Å². The molecule has 0 unspecified atom stereocenters. The summed E-state index contributed by atoms with van der Waals surface area (Å²) in [5.74, 6) is 0.267. The van der Waals surface area contributed by atoms with E-state index >= 15 is 0 Å². The van der Waals surface area contributed by atoms with Crippen LogP contribution in [0, 0.1) is 0 Å². The Labute approximate surface area is 164 Å². The Hall–Kier alpha value is -2.46. The van der Waals surface area contributed by atoms with Gasteiger partial charge in [-0.15, -0.1) is 0 Å². The number of hydrogen-bond donors (Lipinski definition) is 2. The fourth-order valence-corrected chi connectivity index (χ4v) is 4.54. The van der Waals surface area contributed by atoms with Gasteiger partial charge in [-0.05, 0) is 19.1 Å². The van der Waals surface area contributed by atoms with Crippen molar-refractivity contribution >= 4 is 27.7 Å². The number of amides is 2. The van der Waals surface area contributed by atoms with Crippen LogP contribution in [0.15, 0.2) is 34.2 Å². The van der Waals surface area contributed by atoms with E-state index in [9.17, 15) is 18.0 Å². The summed E-state index contributed by atoms with van der Waals surface area (Å²) < 4.78 is 26.5. The molecular weight excluding hydrogens is 382 g/mol. The molecule has 2 heterocycles. The molecule has 0 saturated carbocycles. The number of amidine groups is 1. The molecule has 2 N–H and O–H groups in total. The van der Waals surface area contributed by atoms with Crippen molar-refractivity contribution in [1.82, 2.24) is 19.8 Å². The number of aliphatic imine (C=N–C) groups is 1. The molecule has 1 saturated heterocycles. The number of sulfonamides is 1. The molecule has 0 spiro atoms. The Morgan fingerprint density at radius 2 is 1.89 bits per heavy atom. The fourth-order valence-electron chi connectivity index (χ4n) is 3.28. The minimum Gasteiger partial charge on any atom is -0.355 e. The SMILES string of the molecule is CCNC(=O)CN1CCN(C(=O)CCN=C2NS(=O)(=O)c3ccccc32)CC1. The van der Waals surface area contributed by atoms with Gasteiger partial charge in [-0.1, -0.05) is 12.1 Å². The zero-order chi connectivity index (χ0) is 20.1. The van der Waals surface area contributed by atoms with Gasteiger partial charge in [0.1, 0.15) is 5.84 Å². The quantitative estimate of drug-likeness (QED) is 0.654. The highest BCUT2D eigenvalue weighted by molar-refractivity contribution is 7.90. The van der Waals surface area contributed by atoms with Crippen LogP contribution in [-0.2, 0) is 19.6 Å². The Morgan fingerprint density at radius 1 is 1.18 bits per heavy atom. The third-order valence-electron chi connectivity index (χ3n) is 4.72. The Kier molecular flexibility index (Phi) is 6.30. The van der Waals surface area contributed by atoms with Crippen molar-refractivity contribution < 1.29 is 18.0 Å². The van der Waals surface area contributed by atoms with Crippen LogP contribution in [0.1, 0.15) is 18.9 Å². The van der Waals surface area contributed by atoms with Gasteiger partial charge in [0.05, 0.1) is 18.0 Å². The summed E-state index contributed by atoms with van der Waals surface area (Å²) in [4.78, 5) is 32.3. The van der Waals surface area contributed by atoms with Crippen LogP contribution < -0.4 is 10.0 Å². The normalized spacial score (nSPS) is 19.9. The number of piperazine rings is 1. The molecule has 0 radical (unpaired) electrons. The van der Waals surface area contributed by atoms with Crippen molar-refractivity contribution in [3.05, 3.63) is 29.8 Å². The van der Waals surface area contributed by atoms with E-state index in [2.05, 4.69) is 15.0 Å². The summed E-state index contributed by atoms with van der Waals surface area (Å²) in [6, 6.07) is 6.64. The second-order valence-electron chi connectivity index (χ2n) is 6.69. The lowest BCUT2D eigenvalue weighted by atomic mass is 10.2. The van der Waals surface area contributed by atoms with Crippen LogP contribution in [-0.4, -0.2) is 81.7 Å². The fraction of sp³-hybridized carbons (Fsp3) is 0.500. The van der Waals surface area contributed by atoms with Crippen LogP contribution in [0.3, 0.4) is 0 Å². The molecule has 0 bridgehead atoms. The number of hydrogen-bond acceptors (Lipinski definition) is 6. The second kappa shape index (κ2) is 8.70. The van der Waals surface area contributed by atoms with Crippen molar-refractivity contribution in [3.8, 4) is 0 Å². The molecule has 1 aromatic carbocycles. The molecule has 28 heavy (non-hydrogen) atoms. The summed E-state index contributed by atoms with van der Waals surface area (Å²) in [6.07, 6.45) is 0.212. The minimum absolute atomic E-state index is 0.00241. The Morgan fingerprint density at radius 3 is 2.61 bits per heavy atom. The zero-order valence-corrected chi connectivity index (χ0v) is 16.7. The highest BCUT2D eigenvalue weighted by atomic mass is 32.2. The lowest BCUT2D eigenvalue weighted by molar-refractivity contribution is -0.133. The van der Waals surface area contributed by atoms with Gasteiger partial charge < -0.3 is 10.2 Å². The molecular formula is C18H25N5O4S. The van der Waals surface area contributed by atoms with E-state index in [0.717, 1.165) is 0 Å². The topological polar surface area (TPSA) is 111 Å². The van der Waals surface area contributed by atoms with Gasteiger partial charge in [0.2, 0.25) is 11.8 Å². The Bertz CT molecular complexity index is 876. The molecule has 0 atom stereocenters. The van der Waals surface area contributed by atoms with E-state index in [4.69, 9.17) is 0 Å². The largest absolute Gasteiger partial charge is 0.355 e. The lowest BCUT2D eigenvalue weighted by Gasteiger charge is -2.34. The van der Waals surface area contributed by atoms with Gasteiger partial charge in [-0.2, -0.15) is 0 Å². The average Bonchev–Trinajstić information content (AvgIpc) is 2.93. The maximum absolute atomic E-state index is 12.4. The third-order valence-corrected chi connectivity index (χ3v) is 6.12. The van der Waals surface area contributed by atoms with Gasteiger partial charge in [-0.25, -0.2) is 8.42 Å². The number of likely N-dealkylation sites (N-methyl/N-ethyl adjacent to an activating group) is 1. The first-order valence-electron chi connectivity index (χ1n) is 9.34. The van der Waals surface area contributed by atoms with E-state index in [0.29, 0.717) is 44.8 Å². The highest BCUT2D eigenvalue weighted by Gasteiger charge is 2.30. The predicted octanol–water partition coefficient (Wildman–Crippen LogP) is -0.604. The molecule has 9 nitrogen and oxygen atoms in total. The van der Waals surface area contributed by atoms with E-state index in [1.54, 1.807) is 23.1 Å². The molecule has 1 fully saturated rings. The van der Waals surface area contributed by atoms with E-state index in [1.807, 2.05) is 11.8 Å². The number of carbonyl (C=O) groups is 2. The monoisotopic (exact) mass is 407 g/mol. The lowest BCUT2D eigenvalue weighted by Crippen LogP contribution is -2.51. The van der Waals surface area contributed by atoms with E-state index < -0.39 is 10.0 Å². The first-order chi connectivity index (χ1) is 13.4. The van der Waals surface area contributed by atoms with Crippen molar-refractivity contribution in [3.63, 3.8) is 0 Å². The highest BCUT2D eigenvalue weighted by Crippen LogP contribution is 2.22. The van der Waals surface area contributed by atoms with Gasteiger partial charge in [0.25, 0.3) is 10.0 Å². The van der Waals surface area contributed by atoms with E-state index in [1.165, 1.54) is 6.07 Å². The van der Waals surface area contributed by atoms with Gasteiger partial charge in [0.15, 0.2) is 0 Å². The number of nitrogens with one attached hydrogen (secondary N) is 2. The maximum Gasteiger partial charge on any atom is 0.263 e. The summed E-state index contributed by atoms with van der Waals surface area (Å²) in [7, 11) is -3.56. The molecule has 152 valence electrons. The number of rotatable bonds is 6. The smallest absolute Gasteiger partial charge is 0.263 e. The molecule has 0 aromatic heterocycles. The average molecular weight is 407 g/mol. The van der Waals surface area contributed by atoms with Crippen LogP contribution in [0.2, 0.25) is 0 Å². The number of fused-ring (bicyclic) bond motifs is 1. The number of carbonyl (C=O) groups excluding carboxylic acids is 2. The molecule has 2 aliphatic heterocycles. The molecule has 0 aliphatic carbocycles. The maximum atomic E-state index is 12.4. The molecule has 10 heteroatoms. The standard InChI is InChI=1S/C18H25N5O4S/c1-2-19-16(24)13-22-9-11-23(12-10-22)17(25)7-8-20-18-14-5-3-4-6-15(14)28(26,27)21-18/h3-6H,2,7-13H2,1H3,(H,19,24)(H,20,21). The predicted molar refractivity (Wildman–Crippen MR) is 104 cm³/mol. The number of benzene rings is 1. The molecule has 2 aliphatic rings. The minimum atomic E-state index is -3.56. The molecule has 3 rings (SSSR count). The van der Waals surface area contributed by atoms with Crippen LogP contribution in [0.25, 0.3) is 0 Å². The summed E-state index contributed by atoms with van der Waals surface area (Å²) in [5.41, 5.74) is 0.536. The first kappa shape index (κ1) is 20.3. The Balaban J connectivity index is 1.48. The number of nitrogens with zero attached hydrogens (tertiary/aromatic N) is 3. The molecule has 1 aromatic rings. The van der Waals surface area contributed by atoms with Crippen molar-refractivity contribution in [2.75, 3.05) is 45.8 Å². The van der Waals surface area contributed by atoms with Crippen molar-refractivity contribution in [2.45, 2.75) is 18.2 Å². The van der Waals surface area contributed by atoms with E-state index in [-0.39, 0.29) is 35.5 Å². The summed E-state index contributed by atoms with van der Waals surface area (Å²) >= 11 is 0. The first-order valence-corrected chi connectivity index (χ1v) is 10.8. The molecule has 2 amide bonds. The second-order valence-corrected chi connectivity index (χ2v) is 8.34. The van der Waals surface area contributed by atoms with Gasteiger partial charge in [-0.3, -0.25) is 24.2 Å². The zero-order valence-electron chi connectivity index (χ0n) is 15.8.